The quantitative estimate of drug-likeness (QED) is 0.705. The Kier molecular flexibility index (Phi) is 4.48. The lowest BCUT2D eigenvalue weighted by Gasteiger charge is -2.46. The monoisotopic (exact) mass is 448 g/mol. The maximum atomic E-state index is 14.9. The number of rotatable bonds is 2. The smallest absolute Gasteiger partial charge is 0.188 e. The molecule has 2 aromatic rings. The van der Waals surface area contributed by atoms with Gasteiger partial charge in [0, 0.05) is 10.9 Å². The van der Waals surface area contributed by atoms with Gasteiger partial charge in [-0.2, -0.15) is 0 Å². The van der Waals surface area contributed by atoms with Crippen LogP contribution < -0.4 is 4.74 Å². The van der Waals surface area contributed by atoms with Crippen molar-refractivity contribution in [1.82, 2.24) is 0 Å². The highest BCUT2D eigenvalue weighted by Crippen LogP contribution is 2.54. The van der Waals surface area contributed by atoms with Gasteiger partial charge in [-0.05, 0) is 42.8 Å². The molecule has 2 aliphatic rings. The van der Waals surface area contributed by atoms with Crippen LogP contribution in [-0.4, -0.2) is 34.9 Å². The summed E-state index contributed by atoms with van der Waals surface area (Å²) in [7, 11) is -7.86. The Morgan fingerprint density at radius 1 is 1.07 bits per heavy atom. The molecule has 0 aliphatic carbocycles. The van der Waals surface area contributed by atoms with Crippen LogP contribution in [0, 0.1) is 17.6 Å². The van der Waals surface area contributed by atoms with Crippen molar-refractivity contribution in [2.45, 2.75) is 16.1 Å². The summed E-state index contributed by atoms with van der Waals surface area (Å²) in [5.41, 5.74) is -0.436. The zero-order valence-electron chi connectivity index (χ0n) is 14.4. The number of benzene rings is 2. The van der Waals surface area contributed by atoms with Gasteiger partial charge >= 0.3 is 0 Å². The van der Waals surface area contributed by atoms with Crippen molar-refractivity contribution < 1.29 is 30.4 Å². The van der Waals surface area contributed by atoms with E-state index in [1.807, 2.05) is 0 Å². The van der Waals surface area contributed by atoms with Crippen molar-refractivity contribution in [1.29, 1.82) is 0 Å². The van der Waals surface area contributed by atoms with Crippen molar-refractivity contribution in [3.63, 3.8) is 0 Å². The summed E-state index contributed by atoms with van der Waals surface area (Å²) in [5, 5.41) is 0.309. The number of sulfone groups is 2. The Morgan fingerprint density at radius 2 is 1.71 bits per heavy atom. The number of ether oxygens (including phenoxy) is 1. The second-order valence-electron chi connectivity index (χ2n) is 6.95. The van der Waals surface area contributed by atoms with Crippen LogP contribution >= 0.6 is 11.6 Å². The summed E-state index contributed by atoms with van der Waals surface area (Å²) in [5.74, 6) is -4.34. The molecule has 0 N–H and O–H groups in total. The Hall–Kier alpha value is -1.71. The van der Waals surface area contributed by atoms with E-state index in [0.29, 0.717) is 5.02 Å². The number of hydrogen-bond donors (Lipinski definition) is 0. The van der Waals surface area contributed by atoms with Gasteiger partial charge in [-0.25, -0.2) is 25.6 Å². The van der Waals surface area contributed by atoms with Gasteiger partial charge in [0.25, 0.3) is 0 Å². The van der Waals surface area contributed by atoms with Crippen LogP contribution in [0.15, 0.2) is 41.3 Å². The van der Waals surface area contributed by atoms with Crippen LogP contribution in [0.3, 0.4) is 0 Å². The zero-order valence-corrected chi connectivity index (χ0v) is 16.8. The number of hydrogen-bond acceptors (Lipinski definition) is 5. The molecular formula is C18H15ClF2O5S2. The van der Waals surface area contributed by atoms with Crippen molar-refractivity contribution in [2.24, 2.45) is 5.92 Å². The number of halogens is 3. The molecule has 5 nitrogen and oxygen atoms in total. The minimum atomic E-state index is -4.31. The Labute approximate surface area is 166 Å². The lowest BCUT2D eigenvalue weighted by atomic mass is 9.81. The maximum Gasteiger partial charge on any atom is 0.188 e. The first-order valence-corrected chi connectivity index (χ1v) is 12.1. The molecule has 150 valence electrons. The average Bonchev–Trinajstić information content (AvgIpc) is 2.63. The topological polar surface area (TPSA) is 77.5 Å². The van der Waals surface area contributed by atoms with E-state index < -0.39 is 64.8 Å². The van der Waals surface area contributed by atoms with Crippen molar-refractivity contribution in [3.05, 3.63) is 58.6 Å². The predicted octanol–water partition coefficient (Wildman–Crippen LogP) is 3.11. The van der Waals surface area contributed by atoms with E-state index in [9.17, 15) is 25.6 Å². The second-order valence-corrected chi connectivity index (χ2v) is 11.8. The molecule has 28 heavy (non-hydrogen) atoms. The molecule has 0 bridgehead atoms. The standard InChI is InChI=1S/C18H15ClF2O5S2/c19-12-1-3-13(4-2-12)28(24,25)18-7-8-27(22,23)10-11(18)9-26-17-15(21)6-5-14(20)16(17)18/h1-6,11H,7-10H2/t11?,18-/m0/s1. The van der Waals surface area contributed by atoms with Gasteiger partial charge < -0.3 is 4.74 Å². The third-order valence-corrected chi connectivity index (χ3v) is 10.00. The summed E-state index contributed by atoms with van der Waals surface area (Å²) in [6.07, 6.45) is -0.387. The van der Waals surface area contributed by atoms with Crippen LogP contribution in [0.25, 0.3) is 0 Å². The molecule has 0 spiro atoms. The van der Waals surface area contributed by atoms with Crippen LogP contribution in [0.2, 0.25) is 5.02 Å². The van der Waals surface area contributed by atoms with Crippen molar-refractivity contribution >= 4 is 31.3 Å². The van der Waals surface area contributed by atoms with Crippen molar-refractivity contribution in [2.75, 3.05) is 18.1 Å². The first kappa shape index (κ1) is 19.6. The zero-order chi connectivity index (χ0) is 20.3. The fourth-order valence-electron chi connectivity index (χ4n) is 4.11. The van der Waals surface area contributed by atoms with E-state index in [0.717, 1.165) is 12.1 Å². The van der Waals surface area contributed by atoms with Gasteiger partial charge in [0.1, 0.15) is 10.6 Å². The molecule has 0 amide bonds. The van der Waals surface area contributed by atoms with Crippen LogP contribution in [-0.2, 0) is 24.4 Å². The van der Waals surface area contributed by atoms with Crippen molar-refractivity contribution in [3.8, 4) is 5.75 Å². The fraction of sp³-hybridized carbons (Fsp3) is 0.333. The van der Waals surface area contributed by atoms with E-state index in [-0.39, 0.29) is 17.9 Å². The predicted molar refractivity (Wildman–Crippen MR) is 98.9 cm³/mol. The van der Waals surface area contributed by atoms with E-state index >= 15 is 0 Å². The minimum Gasteiger partial charge on any atom is -0.490 e. The summed E-state index contributed by atoms with van der Waals surface area (Å²) in [6, 6.07) is 7.00. The summed E-state index contributed by atoms with van der Waals surface area (Å²) in [4.78, 5) is -0.141. The molecule has 0 radical (unpaired) electrons. The van der Waals surface area contributed by atoms with E-state index in [4.69, 9.17) is 16.3 Å². The Morgan fingerprint density at radius 3 is 2.39 bits per heavy atom. The number of fused-ring (bicyclic) bond motifs is 3. The fourth-order valence-corrected chi connectivity index (χ4v) is 8.60. The lowest BCUT2D eigenvalue weighted by molar-refractivity contribution is 0.166. The van der Waals surface area contributed by atoms with Gasteiger partial charge in [0.15, 0.2) is 31.2 Å². The summed E-state index contributed by atoms with van der Waals surface area (Å²) < 4.78 is 84.4. The summed E-state index contributed by atoms with van der Waals surface area (Å²) >= 11 is 5.84. The lowest BCUT2D eigenvalue weighted by Crippen LogP contribution is -2.55. The van der Waals surface area contributed by atoms with Crippen LogP contribution in [0.4, 0.5) is 8.78 Å². The largest absolute Gasteiger partial charge is 0.490 e. The normalized spacial score (nSPS) is 26.0. The van der Waals surface area contributed by atoms with Crippen LogP contribution in [0.1, 0.15) is 12.0 Å². The van der Waals surface area contributed by atoms with Gasteiger partial charge in [-0.1, -0.05) is 11.6 Å². The first-order valence-electron chi connectivity index (χ1n) is 8.40. The van der Waals surface area contributed by atoms with E-state index in [1.165, 1.54) is 24.3 Å². The second kappa shape index (κ2) is 6.40. The third kappa shape index (κ3) is 2.74. The van der Waals surface area contributed by atoms with Gasteiger partial charge in [0.05, 0.1) is 28.6 Å². The highest BCUT2D eigenvalue weighted by Gasteiger charge is 2.60. The molecule has 2 aromatic carbocycles. The molecule has 0 saturated carbocycles. The molecule has 2 heterocycles. The van der Waals surface area contributed by atoms with Gasteiger partial charge in [-0.15, -0.1) is 0 Å². The maximum absolute atomic E-state index is 14.9. The van der Waals surface area contributed by atoms with Gasteiger partial charge in [0.2, 0.25) is 0 Å². The SMILES string of the molecule is O=S1(=O)CC[C@@]2(S(=O)(=O)c3ccc(Cl)cc3)c3c(F)ccc(F)c3OCC2C1. The highest BCUT2D eigenvalue weighted by molar-refractivity contribution is 7.93. The van der Waals surface area contributed by atoms with E-state index in [1.54, 1.807) is 0 Å². The van der Waals surface area contributed by atoms with E-state index in [2.05, 4.69) is 0 Å². The molecule has 4 rings (SSSR count). The van der Waals surface area contributed by atoms with Gasteiger partial charge in [-0.3, -0.25) is 0 Å². The molecule has 1 fully saturated rings. The molecule has 1 unspecified atom stereocenters. The third-order valence-electron chi connectivity index (χ3n) is 5.41. The Balaban J connectivity index is 2.05. The molecule has 0 aromatic heterocycles. The molecule has 2 aliphatic heterocycles. The highest BCUT2D eigenvalue weighted by atomic mass is 35.5. The average molecular weight is 449 g/mol. The first-order chi connectivity index (χ1) is 13.1. The Bertz CT molecular complexity index is 1160. The molecule has 2 atom stereocenters. The molecule has 1 saturated heterocycles. The molecule has 10 heteroatoms. The summed E-state index contributed by atoms with van der Waals surface area (Å²) in [6.45, 7) is -0.348. The molecular weight excluding hydrogens is 434 g/mol. The van der Waals surface area contributed by atoms with Crippen LogP contribution in [0.5, 0.6) is 5.75 Å². The minimum absolute atomic E-state index is 0.141.